The van der Waals surface area contributed by atoms with Crippen molar-refractivity contribution in [2.24, 2.45) is 0 Å². The van der Waals surface area contributed by atoms with Crippen LogP contribution in [0.4, 0.5) is 0 Å². The van der Waals surface area contributed by atoms with E-state index in [2.05, 4.69) is 0 Å². The SMILES string of the molecule is [Co].[Cr].[H-].[Na+].[Ni].[W]. The van der Waals surface area contributed by atoms with Gasteiger partial charge in [0, 0.05) is 71.7 Å². The summed E-state index contributed by atoms with van der Waals surface area (Å²) < 4.78 is 0. The molecule has 33 valence electrons. The van der Waals surface area contributed by atoms with Crippen molar-refractivity contribution in [1.29, 1.82) is 0 Å². The molecule has 1 radical (unpaired) electrons. The molecule has 5 heteroatoms. The molecule has 0 rings (SSSR count). The van der Waals surface area contributed by atoms with Gasteiger partial charge in [-0.2, -0.15) is 0 Å². The Bertz CT molecular complexity index is 15.5. The predicted molar refractivity (Wildman–Crippen MR) is 1.11 cm³/mol. The fraction of sp³-hybridized carbons (Fsp3) is 0. The first kappa shape index (κ1) is 41.3. The Balaban J connectivity index is 0. The Morgan fingerprint density at radius 2 is 1.20 bits per heavy atom. The molecule has 0 saturated carbocycles. The van der Waals surface area contributed by atoms with E-state index < -0.39 is 0 Å². The maximum absolute atomic E-state index is 0. The van der Waals surface area contributed by atoms with Gasteiger partial charge in [0.15, 0.2) is 0 Å². The van der Waals surface area contributed by atoms with Crippen LogP contribution in [0.5, 0.6) is 0 Å². The Morgan fingerprint density at radius 1 is 1.20 bits per heavy atom. The standard InChI is InChI=1S/Co.Cr.Na.Ni.W.H/q;;+1;;;-1. The molecule has 0 amide bonds. The van der Waals surface area contributed by atoms with E-state index in [1.165, 1.54) is 0 Å². The molecule has 0 unspecified atom stereocenters. The quantitative estimate of drug-likeness (QED) is 0.398. The molecule has 0 N–H and O–H groups in total. The fourth-order valence-corrected chi connectivity index (χ4v) is 0. The van der Waals surface area contributed by atoms with Crippen LogP contribution in [0.15, 0.2) is 0 Å². The van der Waals surface area contributed by atoms with E-state index in [1.807, 2.05) is 0 Å². The molecule has 5 heavy (non-hydrogen) atoms. The summed E-state index contributed by atoms with van der Waals surface area (Å²) in [6.45, 7) is 0. The van der Waals surface area contributed by atoms with E-state index in [0.717, 1.165) is 0 Å². The molecule has 0 spiro atoms. The molecule has 0 heterocycles. The predicted octanol–water partition coefficient (Wildman–Crippen LogP) is -2.89. The fourth-order valence-electron chi connectivity index (χ4n) is 0. The van der Waals surface area contributed by atoms with Crippen molar-refractivity contribution >= 4 is 0 Å². The average Bonchev–Trinajstić information content (AvgIpc) is 0. The van der Waals surface area contributed by atoms with Crippen molar-refractivity contribution in [3.63, 3.8) is 0 Å². The van der Waals surface area contributed by atoms with Crippen LogP contribution in [-0.2, 0) is 71.7 Å². The number of hydrogen-bond donors (Lipinski definition) is 0. The van der Waals surface area contributed by atoms with Crippen LogP contribution in [0.2, 0.25) is 0 Å². The van der Waals surface area contributed by atoms with E-state index in [4.69, 9.17) is 0 Å². The molecule has 0 nitrogen and oxygen atoms in total. The summed E-state index contributed by atoms with van der Waals surface area (Å²) >= 11 is 0. The second-order valence-electron chi connectivity index (χ2n) is 0. The topological polar surface area (TPSA) is 0 Å². The van der Waals surface area contributed by atoms with Crippen LogP contribution in [0.25, 0.3) is 0 Å². The minimum Gasteiger partial charge on any atom is -1.00 e. The first-order valence-corrected chi connectivity index (χ1v) is 0. The van der Waals surface area contributed by atoms with Crippen molar-refractivity contribution in [1.82, 2.24) is 0 Å². The minimum atomic E-state index is 0. The van der Waals surface area contributed by atoms with E-state index in [1.54, 1.807) is 0 Å². The molecule has 0 bridgehead atoms. The van der Waals surface area contributed by atoms with Gasteiger partial charge in [-0.05, 0) is 0 Å². The molecule has 0 fully saturated rings. The molecule has 0 aromatic rings. The van der Waals surface area contributed by atoms with Gasteiger partial charge in [-0.25, -0.2) is 0 Å². The van der Waals surface area contributed by atoms with E-state index in [9.17, 15) is 0 Å². The Kier molecular flexibility index (Phi) is 223. The third-order valence-electron chi connectivity index (χ3n) is 0. The summed E-state index contributed by atoms with van der Waals surface area (Å²) in [6.07, 6.45) is 0. The summed E-state index contributed by atoms with van der Waals surface area (Å²) in [4.78, 5) is 0. The van der Waals surface area contributed by atoms with Gasteiger partial charge in [-0.15, -0.1) is 0 Å². The normalized spacial score (nSPS) is 0. The van der Waals surface area contributed by atoms with Crippen molar-refractivity contribution < 1.29 is 103 Å². The Hall–Kier alpha value is 3.22. The van der Waals surface area contributed by atoms with Gasteiger partial charge in [0.2, 0.25) is 0 Å². The first-order chi connectivity index (χ1) is 0. The zero-order chi connectivity index (χ0) is 0. The van der Waals surface area contributed by atoms with Gasteiger partial charge in [0.1, 0.15) is 0 Å². The molecular formula is HCoCrNaNiW. The minimum absolute atomic E-state index is 0. The maximum atomic E-state index is 0. The second kappa shape index (κ2) is 26.9. The smallest absolute Gasteiger partial charge is 1.00 e. The van der Waals surface area contributed by atoms with Crippen LogP contribution >= 0.6 is 0 Å². The van der Waals surface area contributed by atoms with Crippen LogP contribution in [0, 0.1) is 0 Å². The van der Waals surface area contributed by atoms with Crippen molar-refractivity contribution in [3.8, 4) is 0 Å². The molecule has 0 aliphatic heterocycles. The van der Waals surface area contributed by atoms with Crippen molar-refractivity contribution in [3.05, 3.63) is 0 Å². The summed E-state index contributed by atoms with van der Waals surface area (Å²) in [5.74, 6) is 0. The Labute approximate surface area is 101 Å². The van der Waals surface area contributed by atoms with Gasteiger partial charge in [-0.1, -0.05) is 0 Å². The summed E-state index contributed by atoms with van der Waals surface area (Å²) in [7, 11) is 0. The van der Waals surface area contributed by atoms with Gasteiger partial charge < -0.3 is 1.43 Å². The zero-order valence-corrected chi connectivity index (χ0v) is 10.7. The monoisotopic (exact) mass is 377 g/mol. The van der Waals surface area contributed by atoms with Crippen LogP contribution in [0.3, 0.4) is 0 Å². The second-order valence-corrected chi connectivity index (χ2v) is 0. The number of hydrogen-bond acceptors (Lipinski definition) is 0. The van der Waals surface area contributed by atoms with E-state index in [-0.39, 0.29) is 103 Å². The average molecular weight is 377 g/mol. The van der Waals surface area contributed by atoms with Crippen LogP contribution in [-0.4, -0.2) is 0 Å². The number of rotatable bonds is 0. The van der Waals surface area contributed by atoms with Gasteiger partial charge in [0.05, 0.1) is 0 Å². The van der Waals surface area contributed by atoms with Gasteiger partial charge in [0.25, 0.3) is 0 Å². The van der Waals surface area contributed by atoms with E-state index in [0.29, 0.717) is 0 Å². The molecule has 0 aromatic heterocycles. The van der Waals surface area contributed by atoms with Gasteiger partial charge >= 0.3 is 29.6 Å². The molecular weight excluding hydrogens is 376 g/mol. The molecule has 0 aromatic carbocycles. The molecule has 0 saturated heterocycles. The van der Waals surface area contributed by atoms with Gasteiger partial charge in [-0.3, -0.25) is 0 Å². The summed E-state index contributed by atoms with van der Waals surface area (Å²) in [5.41, 5.74) is 0. The third-order valence-corrected chi connectivity index (χ3v) is 0. The third kappa shape index (κ3) is 19.0. The Morgan fingerprint density at radius 3 is 1.20 bits per heavy atom. The van der Waals surface area contributed by atoms with Crippen LogP contribution < -0.4 is 29.6 Å². The maximum Gasteiger partial charge on any atom is 1.00 e. The van der Waals surface area contributed by atoms with Crippen molar-refractivity contribution in [2.45, 2.75) is 0 Å². The van der Waals surface area contributed by atoms with Crippen molar-refractivity contribution in [2.75, 3.05) is 0 Å². The summed E-state index contributed by atoms with van der Waals surface area (Å²) in [5, 5.41) is 0. The largest absolute Gasteiger partial charge is 1.00 e. The van der Waals surface area contributed by atoms with Crippen LogP contribution in [0.1, 0.15) is 1.43 Å². The molecule has 0 aliphatic rings. The first-order valence-electron chi connectivity index (χ1n) is 0. The molecule has 0 atom stereocenters. The summed E-state index contributed by atoms with van der Waals surface area (Å²) in [6, 6.07) is 0. The zero-order valence-electron chi connectivity index (χ0n) is 3.47. The van der Waals surface area contributed by atoms with E-state index >= 15 is 0 Å². The molecule has 0 aliphatic carbocycles.